The summed E-state index contributed by atoms with van der Waals surface area (Å²) < 4.78 is 1.59. The summed E-state index contributed by atoms with van der Waals surface area (Å²) in [7, 11) is 0. The van der Waals surface area contributed by atoms with Gasteiger partial charge in [0.25, 0.3) is 5.91 Å². The van der Waals surface area contributed by atoms with Gasteiger partial charge in [0.05, 0.1) is 17.6 Å². The number of carbonyl (C=O) groups excluding carboxylic acids is 1. The van der Waals surface area contributed by atoms with Gasteiger partial charge in [-0.1, -0.05) is 0 Å². The predicted octanol–water partition coefficient (Wildman–Crippen LogP) is 1.11. The number of carbonyl (C=O) groups is 1. The van der Waals surface area contributed by atoms with Crippen LogP contribution in [0.15, 0.2) is 30.9 Å². The van der Waals surface area contributed by atoms with E-state index < -0.39 is 0 Å². The van der Waals surface area contributed by atoms with Crippen molar-refractivity contribution in [3.8, 4) is 0 Å². The molecular formula is C15H16N6O. The van der Waals surface area contributed by atoms with Crippen molar-refractivity contribution in [2.24, 2.45) is 0 Å². The standard InChI is InChI=1S/C15H16N6O/c1-10-4-6-21-14(20-10)13(9-19-21)15(22)16-5-3-12-8-17-11(2)7-18-12/h4,6-9H,3,5H2,1-2H3,(H,16,22). The smallest absolute Gasteiger partial charge is 0.256 e. The molecule has 112 valence electrons. The highest BCUT2D eigenvalue weighted by Crippen LogP contribution is 2.08. The van der Waals surface area contributed by atoms with Crippen molar-refractivity contribution < 1.29 is 4.79 Å². The number of hydrogen-bond acceptors (Lipinski definition) is 5. The van der Waals surface area contributed by atoms with Gasteiger partial charge in [-0.25, -0.2) is 9.50 Å². The Labute approximate surface area is 127 Å². The molecule has 3 aromatic heterocycles. The Kier molecular flexibility index (Phi) is 3.78. The SMILES string of the molecule is Cc1cnc(CCNC(=O)c2cnn3ccc(C)nc23)cn1. The molecule has 0 unspecified atom stereocenters. The van der Waals surface area contributed by atoms with E-state index in [2.05, 4.69) is 25.4 Å². The van der Waals surface area contributed by atoms with Gasteiger partial charge < -0.3 is 5.32 Å². The number of fused-ring (bicyclic) bond motifs is 1. The molecule has 3 aromatic rings. The van der Waals surface area contributed by atoms with E-state index in [1.807, 2.05) is 19.9 Å². The first-order chi connectivity index (χ1) is 10.6. The molecule has 0 saturated heterocycles. The van der Waals surface area contributed by atoms with E-state index in [0.717, 1.165) is 17.1 Å². The Morgan fingerprint density at radius 2 is 2.05 bits per heavy atom. The zero-order chi connectivity index (χ0) is 15.5. The Morgan fingerprint density at radius 1 is 1.18 bits per heavy atom. The highest BCUT2D eigenvalue weighted by molar-refractivity contribution is 5.99. The first kappa shape index (κ1) is 14.1. The molecule has 0 aliphatic rings. The van der Waals surface area contributed by atoms with Crippen molar-refractivity contribution in [3.05, 3.63) is 53.5 Å². The van der Waals surface area contributed by atoms with Crippen molar-refractivity contribution >= 4 is 11.6 Å². The third-order valence-electron chi connectivity index (χ3n) is 3.25. The normalized spacial score (nSPS) is 10.8. The minimum atomic E-state index is -0.187. The van der Waals surface area contributed by atoms with E-state index in [0.29, 0.717) is 24.2 Å². The predicted molar refractivity (Wildman–Crippen MR) is 80.5 cm³/mol. The summed E-state index contributed by atoms with van der Waals surface area (Å²) >= 11 is 0. The molecule has 22 heavy (non-hydrogen) atoms. The van der Waals surface area contributed by atoms with Gasteiger partial charge in [-0.05, 0) is 19.9 Å². The Morgan fingerprint density at radius 3 is 2.82 bits per heavy atom. The van der Waals surface area contributed by atoms with Crippen LogP contribution in [0.3, 0.4) is 0 Å². The number of nitrogens with one attached hydrogen (secondary N) is 1. The van der Waals surface area contributed by atoms with Crippen LogP contribution in [0, 0.1) is 13.8 Å². The van der Waals surface area contributed by atoms with Crippen LogP contribution < -0.4 is 5.32 Å². The van der Waals surface area contributed by atoms with Gasteiger partial charge in [-0.2, -0.15) is 5.10 Å². The summed E-state index contributed by atoms with van der Waals surface area (Å²) in [6.45, 7) is 4.25. The zero-order valence-electron chi connectivity index (χ0n) is 12.4. The minimum Gasteiger partial charge on any atom is -0.351 e. The third kappa shape index (κ3) is 2.93. The van der Waals surface area contributed by atoms with Gasteiger partial charge in [-0.3, -0.25) is 14.8 Å². The molecule has 0 bridgehead atoms. The summed E-state index contributed by atoms with van der Waals surface area (Å²) in [6.07, 6.45) is 7.39. The average Bonchev–Trinajstić information content (AvgIpc) is 2.92. The number of aromatic nitrogens is 5. The summed E-state index contributed by atoms with van der Waals surface area (Å²) in [6, 6.07) is 1.84. The fourth-order valence-corrected chi connectivity index (χ4v) is 2.07. The van der Waals surface area contributed by atoms with E-state index >= 15 is 0 Å². The molecule has 0 aliphatic carbocycles. The van der Waals surface area contributed by atoms with Crippen molar-refractivity contribution in [2.75, 3.05) is 6.54 Å². The maximum absolute atomic E-state index is 12.2. The molecule has 0 spiro atoms. The molecule has 1 amide bonds. The fraction of sp³-hybridized carbons (Fsp3) is 0.267. The molecule has 0 aromatic carbocycles. The van der Waals surface area contributed by atoms with Gasteiger partial charge in [0.2, 0.25) is 0 Å². The Bertz CT molecular complexity index is 809. The zero-order valence-corrected chi connectivity index (χ0v) is 12.4. The maximum atomic E-state index is 12.2. The lowest BCUT2D eigenvalue weighted by molar-refractivity contribution is 0.0955. The molecule has 0 radical (unpaired) electrons. The van der Waals surface area contributed by atoms with Crippen LogP contribution in [0.25, 0.3) is 5.65 Å². The highest BCUT2D eigenvalue weighted by Gasteiger charge is 2.13. The van der Waals surface area contributed by atoms with Gasteiger partial charge in [-0.15, -0.1) is 0 Å². The molecule has 0 fully saturated rings. The molecule has 1 N–H and O–H groups in total. The van der Waals surface area contributed by atoms with Crippen LogP contribution in [0.1, 0.15) is 27.4 Å². The van der Waals surface area contributed by atoms with Gasteiger partial charge in [0, 0.05) is 37.3 Å². The number of amides is 1. The largest absolute Gasteiger partial charge is 0.351 e. The first-order valence-electron chi connectivity index (χ1n) is 7.00. The van der Waals surface area contributed by atoms with E-state index in [4.69, 9.17) is 0 Å². The first-order valence-corrected chi connectivity index (χ1v) is 7.00. The quantitative estimate of drug-likeness (QED) is 0.779. The molecule has 0 atom stereocenters. The highest BCUT2D eigenvalue weighted by atomic mass is 16.1. The lowest BCUT2D eigenvalue weighted by Gasteiger charge is -2.04. The topological polar surface area (TPSA) is 85.1 Å². The second kappa shape index (κ2) is 5.88. The van der Waals surface area contributed by atoms with Crippen LogP contribution in [-0.4, -0.2) is 37.0 Å². The molecule has 7 nitrogen and oxygen atoms in total. The van der Waals surface area contributed by atoms with Crippen molar-refractivity contribution in [1.82, 2.24) is 29.9 Å². The van der Waals surface area contributed by atoms with E-state index in [-0.39, 0.29) is 5.91 Å². The summed E-state index contributed by atoms with van der Waals surface area (Å²) in [5.74, 6) is -0.187. The van der Waals surface area contributed by atoms with Gasteiger partial charge in [0.15, 0.2) is 5.65 Å². The Hall–Kier alpha value is -2.83. The molecule has 0 aliphatic heterocycles. The lowest BCUT2D eigenvalue weighted by atomic mass is 10.2. The van der Waals surface area contributed by atoms with Crippen LogP contribution in [0.2, 0.25) is 0 Å². The third-order valence-corrected chi connectivity index (χ3v) is 3.25. The number of rotatable bonds is 4. The molecule has 3 rings (SSSR count). The Balaban J connectivity index is 1.66. The van der Waals surface area contributed by atoms with Crippen molar-refractivity contribution in [3.63, 3.8) is 0 Å². The monoisotopic (exact) mass is 296 g/mol. The average molecular weight is 296 g/mol. The lowest BCUT2D eigenvalue weighted by Crippen LogP contribution is -2.26. The summed E-state index contributed by atoms with van der Waals surface area (Å²) in [4.78, 5) is 25.0. The fourth-order valence-electron chi connectivity index (χ4n) is 2.07. The summed E-state index contributed by atoms with van der Waals surface area (Å²) in [5, 5.41) is 6.99. The number of hydrogen-bond donors (Lipinski definition) is 1. The molecular weight excluding hydrogens is 280 g/mol. The second-order valence-corrected chi connectivity index (χ2v) is 5.05. The van der Waals surface area contributed by atoms with Gasteiger partial charge >= 0.3 is 0 Å². The van der Waals surface area contributed by atoms with Crippen LogP contribution in [0.4, 0.5) is 0 Å². The van der Waals surface area contributed by atoms with Crippen LogP contribution in [0.5, 0.6) is 0 Å². The van der Waals surface area contributed by atoms with E-state index in [9.17, 15) is 4.79 Å². The molecule has 0 saturated carbocycles. The summed E-state index contributed by atoms with van der Waals surface area (Å²) in [5.41, 5.74) is 3.60. The maximum Gasteiger partial charge on any atom is 0.256 e. The number of nitrogens with zero attached hydrogens (tertiary/aromatic N) is 5. The minimum absolute atomic E-state index is 0.187. The van der Waals surface area contributed by atoms with Crippen molar-refractivity contribution in [2.45, 2.75) is 20.3 Å². The molecule has 7 heteroatoms. The van der Waals surface area contributed by atoms with Crippen LogP contribution >= 0.6 is 0 Å². The number of aryl methyl sites for hydroxylation is 2. The van der Waals surface area contributed by atoms with E-state index in [1.54, 1.807) is 23.1 Å². The van der Waals surface area contributed by atoms with E-state index in [1.165, 1.54) is 6.20 Å². The van der Waals surface area contributed by atoms with Crippen LogP contribution in [-0.2, 0) is 6.42 Å². The van der Waals surface area contributed by atoms with Gasteiger partial charge in [0.1, 0.15) is 5.56 Å². The second-order valence-electron chi connectivity index (χ2n) is 5.05. The molecule has 3 heterocycles. The van der Waals surface area contributed by atoms with Crippen molar-refractivity contribution in [1.29, 1.82) is 0 Å².